The molecule has 1 rings (SSSR count). The molecule has 0 aromatic heterocycles. The van der Waals surface area contributed by atoms with Gasteiger partial charge in [0.2, 0.25) is 0 Å². The molecule has 0 heterocycles. The number of allylic oxidation sites excluding steroid dienone is 4. The Bertz CT molecular complexity index is 366. The Morgan fingerprint density at radius 2 is 1.40 bits per heavy atom. The Morgan fingerprint density at radius 3 is 1.88 bits per heavy atom. The van der Waals surface area contributed by atoms with E-state index in [9.17, 15) is 0 Å². The second-order valence-corrected chi connectivity index (χ2v) is 9.89. The summed E-state index contributed by atoms with van der Waals surface area (Å²) in [5, 5.41) is 0. The molecule has 0 N–H and O–H groups in total. The molecule has 0 amide bonds. The average Bonchev–Trinajstić information content (AvgIpc) is 2.58. The summed E-state index contributed by atoms with van der Waals surface area (Å²) in [5.74, 6) is 0. The molecule has 0 radical (unpaired) electrons. The van der Waals surface area contributed by atoms with Crippen molar-refractivity contribution in [2.24, 2.45) is 0 Å². The third kappa shape index (κ3) is 8.67. The number of hydrogen-bond acceptors (Lipinski definition) is 3. The van der Waals surface area contributed by atoms with E-state index in [0.29, 0.717) is 0 Å². The van der Waals surface area contributed by atoms with Crippen LogP contribution in [0.5, 0.6) is 0 Å². The van der Waals surface area contributed by atoms with E-state index in [0.717, 1.165) is 77.6 Å². The largest absolute Gasteiger partial charge is 0.508 e. The topological polar surface area (TPSA) is 27.7 Å². The van der Waals surface area contributed by atoms with Crippen LogP contribution in [0.15, 0.2) is 23.8 Å². The van der Waals surface area contributed by atoms with Gasteiger partial charge in [0.15, 0.2) is 0 Å². The van der Waals surface area contributed by atoms with Crippen molar-refractivity contribution in [1.82, 2.24) is 0 Å². The molecule has 3 nitrogen and oxygen atoms in total. The zero-order chi connectivity index (χ0) is 18.4. The van der Waals surface area contributed by atoms with Gasteiger partial charge in [0.25, 0.3) is 0 Å². The van der Waals surface area contributed by atoms with E-state index in [1.807, 2.05) is 0 Å². The molecular weight excluding hydrogens is 328 g/mol. The highest BCUT2D eigenvalue weighted by Gasteiger charge is 2.48. The zero-order valence-electron chi connectivity index (χ0n) is 17.0. The fourth-order valence-electron chi connectivity index (χ4n) is 2.94. The van der Waals surface area contributed by atoms with Gasteiger partial charge in [0.05, 0.1) is 5.54 Å². The van der Waals surface area contributed by atoms with E-state index in [-0.39, 0.29) is 5.54 Å². The van der Waals surface area contributed by atoms with Crippen molar-refractivity contribution in [2.75, 3.05) is 19.8 Å². The highest BCUT2D eigenvalue weighted by molar-refractivity contribution is 6.63. The Labute approximate surface area is 157 Å². The van der Waals surface area contributed by atoms with E-state index in [1.165, 1.54) is 5.57 Å². The summed E-state index contributed by atoms with van der Waals surface area (Å²) >= 11 is 0. The first-order chi connectivity index (χ1) is 12.2. The normalized spacial score (nSPS) is 22.1. The van der Waals surface area contributed by atoms with Gasteiger partial charge in [-0.1, -0.05) is 63.8 Å². The molecule has 25 heavy (non-hydrogen) atoms. The lowest BCUT2D eigenvalue weighted by Crippen LogP contribution is -2.50. The SMILES string of the molecule is CCCCO[Si](OCCCC)(OCCCC)C1/C=C(/C)CC/C=C\C1. The first-order valence-corrected chi connectivity index (χ1v) is 12.2. The lowest BCUT2D eigenvalue weighted by molar-refractivity contribution is 0.0506. The number of hydrogen-bond donors (Lipinski definition) is 0. The maximum Gasteiger partial charge on any atom is 0.508 e. The van der Waals surface area contributed by atoms with Crippen LogP contribution < -0.4 is 0 Å². The molecule has 0 aromatic carbocycles. The Hall–Kier alpha value is -0.423. The molecule has 0 bridgehead atoms. The van der Waals surface area contributed by atoms with Crippen molar-refractivity contribution in [3.05, 3.63) is 23.8 Å². The third-order valence-electron chi connectivity index (χ3n) is 4.61. The smallest absolute Gasteiger partial charge is 0.373 e. The summed E-state index contributed by atoms with van der Waals surface area (Å²) in [4.78, 5) is 0. The molecule has 0 aromatic rings. The molecule has 4 heteroatoms. The minimum Gasteiger partial charge on any atom is -0.373 e. The second kappa shape index (κ2) is 13.7. The van der Waals surface area contributed by atoms with Crippen molar-refractivity contribution in [3.63, 3.8) is 0 Å². The molecule has 0 saturated heterocycles. The molecular formula is C21H40O3Si. The first kappa shape index (κ1) is 22.6. The lowest BCUT2D eigenvalue weighted by atomic mass is 10.1. The van der Waals surface area contributed by atoms with Gasteiger partial charge in [-0.15, -0.1) is 0 Å². The lowest BCUT2D eigenvalue weighted by Gasteiger charge is -2.35. The molecule has 146 valence electrons. The summed E-state index contributed by atoms with van der Waals surface area (Å²) in [6.45, 7) is 11.1. The van der Waals surface area contributed by atoms with Crippen LogP contribution in [0.2, 0.25) is 5.54 Å². The maximum absolute atomic E-state index is 6.46. The Morgan fingerprint density at radius 1 is 0.880 bits per heavy atom. The Kier molecular flexibility index (Phi) is 12.4. The fraction of sp³-hybridized carbons (Fsp3) is 0.810. The van der Waals surface area contributed by atoms with Gasteiger partial charge in [0, 0.05) is 19.8 Å². The predicted octanol–water partition coefficient (Wildman–Crippen LogP) is 6.43. The minimum atomic E-state index is -2.73. The summed E-state index contributed by atoms with van der Waals surface area (Å²) in [6, 6.07) is 0. The van der Waals surface area contributed by atoms with Gasteiger partial charge in [-0.25, -0.2) is 0 Å². The van der Waals surface area contributed by atoms with Crippen LogP contribution in [0.1, 0.15) is 85.5 Å². The van der Waals surface area contributed by atoms with Crippen LogP contribution in [0.25, 0.3) is 0 Å². The minimum absolute atomic E-state index is 0.245. The van der Waals surface area contributed by atoms with Crippen molar-refractivity contribution in [1.29, 1.82) is 0 Å². The van der Waals surface area contributed by atoms with Crippen LogP contribution in [-0.4, -0.2) is 28.6 Å². The van der Waals surface area contributed by atoms with Crippen molar-refractivity contribution in [3.8, 4) is 0 Å². The van der Waals surface area contributed by atoms with Crippen molar-refractivity contribution < 1.29 is 13.3 Å². The summed E-state index contributed by atoms with van der Waals surface area (Å²) < 4.78 is 19.4. The molecule has 0 aliphatic heterocycles. The van der Waals surface area contributed by atoms with Crippen LogP contribution in [0.3, 0.4) is 0 Å². The first-order valence-electron chi connectivity index (χ1n) is 10.4. The van der Waals surface area contributed by atoms with Crippen molar-refractivity contribution in [2.45, 2.75) is 91.0 Å². The van der Waals surface area contributed by atoms with Gasteiger partial charge in [0.1, 0.15) is 0 Å². The van der Waals surface area contributed by atoms with Crippen molar-refractivity contribution >= 4 is 8.80 Å². The summed E-state index contributed by atoms with van der Waals surface area (Å²) in [5.41, 5.74) is 1.68. The molecule has 0 fully saturated rings. The van der Waals surface area contributed by atoms with E-state index in [2.05, 4.69) is 45.9 Å². The Balaban J connectivity index is 3.00. The van der Waals surface area contributed by atoms with E-state index >= 15 is 0 Å². The molecule has 0 spiro atoms. The van der Waals surface area contributed by atoms with E-state index < -0.39 is 8.80 Å². The predicted molar refractivity (Wildman–Crippen MR) is 109 cm³/mol. The molecule has 1 aliphatic rings. The van der Waals surface area contributed by atoms with Crippen LogP contribution in [-0.2, 0) is 13.3 Å². The van der Waals surface area contributed by atoms with Gasteiger partial charge < -0.3 is 13.3 Å². The zero-order valence-corrected chi connectivity index (χ0v) is 18.0. The quantitative estimate of drug-likeness (QED) is 0.213. The third-order valence-corrected chi connectivity index (χ3v) is 7.74. The van der Waals surface area contributed by atoms with Crippen LogP contribution in [0, 0.1) is 0 Å². The summed E-state index contributed by atoms with van der Waals surface area (Å²) in [7, 11) is -2.73. The summed E-state index contributed by atoms with van der Waals surface area (Å²) in [6.07, 6.45) is 16.8. The van der Waals surface area contributed by atoms with Crippen LogP contribution >= 0.6 is 0 Å². The fourth-order valence-corrected chi connectivity index (χ4v) is 6.03. The number of unbranched alkanes of at least 4 members (excludes halogenated alkanes) is 3. The highest BCUT2D eigenvalue weighted by atomic mass is 28.4. The molecule has 0 saturated carbocycles. The monoisotopic (exact) mass is 368 g/mol. The average molecular weight is 369 g/mol. The van der Waals surface area contributed by atoms with Gasteiger partial charge in [-0.2, -0.15) is 0 Å². The second-order valence-electron chi connectivity index (χ2n) is 7.07. The highest BCUT2D eigenvalue weighted by Crippen LogP contribution is 2.34. The van der Waals surface area contributed by atoms with Gasteiger partial charge in [-0.3, -0.25) is 0 Å². The van der Waals surface area contributed by atoms with Gasteiger partial charge >= 0.3 is 8.80 Å². The maximum atomic E-state index is 6.46. The van der Waals surface area contributed by atoms with E-state index in [4.69, 9.17) is 13.3 Å². The molecule has 1 unspecified atom stereocenters. The van der Waals surface area contributed by atoms with Gasteiger partial charge in [-0.05, 0) is 45.4 Å². The number of rotatable bonds is 13. The molecule has 1 aliphatic carbocycles. The van der Waals surface area contributed by atoms with Crippen LogP contribution in [0.4, 0.5) is 0 Å². The standard InChI is InChI=1S/C21H40O3Si/c1-5-8-16-22-25(23-17-9-6-2,24-18-10-7-3)21-15-13-11-12-14-20(4)19-21/h11,13,19,21H,5-10,12,14-18H2,1-4H3/b13-11-,20-19-. The van der Waals surface area contributed by atoms with E-state index in [1.54, 1.807) is 0 Å². The molecule has 1 atom stereocenters.